The summed E-state index contributed by atoms with van der Waals surface area (Å²) < 4.78 is 32.7. The van der Waals surface area contributed by atoms with Crippen molar-refractivity contribution in [1.82, 2.24) is 19.1 Å². The summed E-state index contributed by atoms with van der Waals surface area (Å²) in [7, 11) is 1.85. The molecule has 0 bridgehead atoms. The van der Waals surface area contributed by atoms with Gasteiger partial charge < -0.3 is 15.0 Å². The number of nitrogens with zero attached hydrogens (tertiary/aromatic N) is 4. The van der Waals surface area contributed by atoms with Crippen molar-refractivity contribution in [3.8, 4) is 22.6 Å². The number of aromatic nitrogens is 4. The van der Waals surface area contributed by atoms with E-state index in [-0.39, 0.29) is 17.0 Å². The topological polar surface area (TPSA) is 88.0 Å². The first kappa shape index (κ1) is 20.9. The van der Waals surface area contributed by atoms with Crippen LogP contribution in [-0.4, -0.2) is 25.7 Å². The van der Waals surface area contributed by atoms with E-state index in [0.717, 1.165) is 11.0 Å². The van der Waals surface area contributed by atoms with Crippen LogP contribution in [0.2, 0.25) is 5.02 Å². The molecular weight excluding hydrogens is 452 g/mol. The number of nitrogens with two attached hydrogens (primary N) is 1. The Morgan fingerprint density at radius 3 is 2.55 bits per heavy atom. The first-order valence-electron chi connectivity index (χ1n) is 9.80. The van der Waals surface area contributed by atoms with Gasteiger partial charge in [-0.1, -0.05) is 17.7 Å². The van der Waals surface area contributed by atoms with Gasteiger partial charge in [-0.2, -0.15) is 8.78 Å². The van der Waals surface area contributed by atoms with Crippen LogP contribution in [-0.2, 0) is 7.05 Å². The molecule has 3 aromatic heterocycles. The van der Waals surface area contributed by atoms with Crippen LogP contribution in [0.5, 0.6) is 5.75 Å². The molecule has 0 unspecified atom stereocenters. The van der Waals surface area contributed by atoms with Crippen LogP contribution in [0.1, 0.15) is 0 Å². The molecule has 10 heteroatoms. The molecule has 5 rings (SSSR count). The molecule has 0 amide bonds. The van der Waals surface area contributed by atoms with E-state index in [9.17, 15) is 13.6 Å². The number of imidazole rings is 1. The smallest absolute Gasteiger partial charge is 0.387 e. The van der Waals surface area contributed by atoms with E-state index in [1.54, 1.807) is 18.5 Å². The second-order valence-electron chi connectivity index (χ2n) is 7.38. The highest BCUT2D eigenvalue weighted by Crippen LogP contribution is 2.32. The van der Waals surface area contributed by atoms with Gasteiger partial charge in [-0.25, -0.2) is 4.98 Å². The van der Waals surface area contributed by atoms with Gasteiger partial charge in [0.15, 0.2) is 0 Å². The SMILES string of the molecule is Cn1cnc2ccc(-c3c(N)c4ncc(Cl)cc4n(-c4ccc(OC(F)F)cc4)c3=O)cc21. The zero-order valence-electron chi connectivity index (χ0n) is 17.2. The Hall–Kier alpha value is -3.98. The zero-order chi connectivity index (χ0) is 23.3. The molecule has 0 aliphatic rings. The maximum absolute atomic E-state index is 13.8. The predicted molar refractivity (Wildman–Crippen MR) is 123 cm³/mol. The van der Waals surface area contributed by atoms with Crippen LogP contribution in [0, 0.1) is 0 Å². The van der Waals surface area contributed by atoms with Crippen molar-refractivity contribution in [3.05, 3.63) is 76.4 Å². The lowest BCUT2D eigenvalue weighted by Crippen LogP contribution is -2.23. The minimum absolute atomic E-state index is 0.0282. The van der Waals surface area contributed by atoms with Crippen molar-refractivity contribution in [2.75, 3.05) is 5.73 Å². The molecule has 33 heavy (non-hydrogen) atoms. The molecule has 0 fully saturated rings. The monoisotopic (exact) mass is 467 g/mol. The summed E-state index contributed by atoms with van der Waals surface area (Å²) in [5.74, 6) is -0.0282. The van der Waals surface area contributed by atoms with Gasteiger partial charge in [0.1, 0.15) is 11.3 Å². The fourth-order valence-electron chi connectivity index (χ4n) is 3.85. The first-order chi connectivity index (χ1) is 15.8. The molecule has 3 heterocycles. The van der Waals surface area contributed by atoms with Gasteiger partial charge in [-0.05, 0) is 48.0 Å². The standard InChI is InChI=1S/C23H16ClF2N5O2/c1-30-11-29-16-7-2-12(8-17(16)30)19-20(27)21-18(9-13(24)10-28-21)31(22(19)32)14-3-5-15(6-4-14)33-23(25)26/h2-11,23H,27H2,1H3. The van der Waals surface area contributed by atoms with Crippen molar-refractivity contribution >= 4 is 39.4 Å². The van der Waals surface area contributed by atoms with E-state index in [0.29, 0.717) is 27.3 Å². The van der Waals surface area contributed by atoms with Crippen LogP contribution in [0.4, 0.5) is 14.5 Å². The average Bonchev–Trinajstić information content (AvgIpc) is 3.15. The maximum atomic E-state index is 13.8. The molecule has 0 aliphatic heterocycles. The number of benzene rings is 2. The maximum Gasteiger partial charge on any atom is 0.387 e. The fraction of sp³-hybridized carbons (Fsp3) is 0.0870. The minimum Gasteiger partial charge on any atom is -0.435 e. The second kappa shape index (κ2) is 7.86. The highest BCUT2D eigenvalue weighted by atomic mass is 35.5. The predicted octanol–water partition coefficient (Wildman–Crippen LogP) is 4.78. The van der Waals surface area contributed by atoms with Crippen molar-refractivity contribution in [1.29, 1.82) is 0 Å². The van der Waals surface area contributed by atoms with Gasteiger partial charge >= 0.3 is 6.61 Å². The van der Waals surface area contributed by atoms with Crippen molar-refractivity contribution in [2.24, 2.45) is 7.05 Å². The molecule has 2 aromatic carbocycles. The molecule has 0 saturated carbocycles. The zero-order valence-corrected chi connectivity index (χ0v) is 17.9. The number of aryl methyl sites for hydroxylation is 1. The molecular formula is C23H16ClF2N5O2. The third-order valence-electron chi connectivity index (χ3n) is 5.35. The summed E-state index contributed by atoms with van der Waals surface area (Å²) >= 11 is 6.16. The Labute approximate surface area is 190 Å². The minimum atomic E-state index is -2.95. The number of ether oxygens (including phenoxy) is 1. The molecule has 0 radical (unpaired) electrons. The number of alkyl halides is 2. The normalized spacial score (nSPS) is 11.5. The van der Waals surface area contributed by atoms with Gasteiger partial charge in [0, 0.05) is 18.9 Å². The highest BCUT2D eigenvalue weighted by molar-refractivity contribution is 6.31. The molecule has 2 N–H and O–H groups in total. The third kappa shape index (κ3) is 3.56. The Kier molecular flexibility index (Phi) is 4.98. The summed E-state index contributed by atoms with van der Waals surface area (Å²) in [6, 6.07) is 12.7. The van der Waals surface area contributed by atoms with Crippen LogP contribution < -0.4 is 16.0 Å². The number of nitrogen functional groups attached to an aromatic ring is 1. The molecule has 7 nitrogen and oxygen atoms in total. The van der Waals surface area contributed by atoms with Crippen LogP contribution in [0.3, 0.4) is 0 Å². The van der Waals surface area contributed by atoms with Gasteiger partial charge in [0.05, 0.1) is 39.2 Å². The summed E-state index contributed by atoms with van der Waals surface area (Å²) in [5, 5.41) is 0.316. The van der Waals surface area contributed by atoms with E-state index >= 15 is 0 Å². The van der Waals surface area contributed by atoms with E-state index in [1.807, 2.05) is 23.7 Å². The van der Waals surface area contributed by atoms with E-state index < -0.39 is 12.2 Å². The molecule has 0 atom stereocenters. The lowest BCUT2D eigenvalue weighted by molar-refractivity contribution is -0.0498. The van der Waals surface area contributed by atoms with E-state index in [4.69, 9.17) is 17.3 Å². The summed E-state index contributed by atoms with van der Waals surface area (Å²) in [6.07, 6.45) is 3.13. The number of hydrogen-bond acceptors (Lipinski definition) is 5. The summed E-state index contributed by atoms with van der Waals surface area (Å²) in [5.41, 5.74) is 9.89. The first-order valence-corrected chi connectivity index (χ1v) is 10.2. The van der Waals surface area contributed by atoms with Crippen molar-refractivity contribution in [3.63, 3.8) is 0 Å². The fourth-order valence-corrected chi connectivity index (χ4v) is 4.01. The molecule has 0 aliphatic carbocycles. The van der Waals surface area contributed by atoms with Gasteiger partial charge in [-0.15, -0.1) is 0 Å². The van der Waals surface area contributed by atoms with Gasteiger partial charge in [0.2, 0.25) is 0 Å². The third-order valence-corrected chi connectivity index (χ3v) is 5.56. The number of fused-ring (bicyclic) bond motifs is 2. The Bertz CT molecular complexity index is 1580. The Morgan fingerprint density at radius 2 is 1.82 bits per heavy atom. The van der Waals surface area contributed by atoms with Gasteiger partial charge in [-0.3, -0.25) is 14.3 Å². The summed E-state index contributed by atoms with van der Waals surface area (Å²) in [4.78, 5) is 22.4. The average molecular weight is 468 g/mol. The quantitative estimate of drug-likeness (QED) is 0.411. The van der Waals surface area contributed by atoms with Crippen LogP contribution in [0.15, 0.2) is 65.8 Å². The number of hydrogen-bond donors (Lipinski definition) is 1. The lowest BCUT2D eigenvalue weighted by Gasteiger charge is -2.16. The van der Waals surface area contributed by atoms with Crippen molar-refractivity contribution < 1.29 is 13.5 Å². The number of rotatable bonds is 4. The molecule has 5 aromatic rings. The molecule has 0 spiro atoms. The Morgan fingerprint density at radius 1 is 1.06 bits per heavy atom. The molecule has 166 valence electrons. The number of pyridine rings is 2. The largest absolute Gasteiger partial charge is 0.435 e. The van der Waals surface area contributed by atoms with E-state index in [1.165, 1.54) is 35.0 Å². The van der Waals surface area contributed by atoms with Crippen LogP contribution in [0.25, 0.3) is 38.9 Å². The molecule has 0 saturated heterocycles. The summed E-state index contributed by atoms with van der Waals surface area (Å²) in [6.45, 7) is -2.95. The van der Waals surface area contributed by atoms with Crippen LogP contribution >= 0.6 is 11.6 Å². The second-order valence-corrected chi connectivity index (χ2v) is 7.82. The highest BCUT2D eigenvalue weighted by Gasteiger charge is 2.20. The lowest BCUT2D eigenvalue weighted by atomic mass is 10.0. The van der Waals surface area contributed by atoms with Gasteiger partial charge in [0.25, 0.3) is 5.56 Å². The van der Waals surface area contributed by atoms with Crippen molar-refractivity contribution in [2.45, 2.75) is 6.61 Å². The number of halogens is 3. The van der Waals surface area contributed by atoms with E-state index in [2.05, 4.69) is 14.7 Å². The Balaban J connectivity index is 1.80. The number of anilines is 1.